The predicted octanol–water partition coefficient (Wildman–Crippen LogP) is 2.30. The van der Waals surface area contributed by atoms with E-state index in [2.05, 4.69) is 35.6 Å². The molecule has 2 aromatic rings. The molecular weight excluding hydrogens is 262 g/mol. The van der Waals surface area contributed by atoms with Crippen molar-refractivity contribution in [2.45, 2.75) is 13.0 Å². The third kappa shape index (κ3) is 4.59. The SMILES string of the molecule is CN(CC(=O)NCCC#N)Cc1ccc2ccccc2c1. The topological polar surface area (TPSA) is 56.1 Å². The van der Waals surface area contributed by atoms with E-state index >= 15 is 0 Å². The fourth-order valence-electron chi connectivity index (χ4n) is 2.26. The molecule has 21 heavy (non-hydrogen) atoms. The van der Waals surface area contributed by atoms with Crippen LogP contribution in [0.1, 0.15) is 12.0 Å². The minimum absolute atomic E-state index is 0.0476. The molecule has 0 aliphatic carbocycles. The van der Waals surface area contributed by atoms with E-state index in [0.717, 1.165) is 6.54 Å². The summed E-state index contributed by atoms with van der Waals surface area (Å²) in [5, 5.41) is 13.6. The third-order valence-electron chi connectivity index (χ3n) is 3.24. The molecule has 4 nitrogen and oxygen atoms in total. The van der Waals surface area contributed by atoms with E-state index in [4.69, 9.17) is 5.26 Å². The van der Waals surface area contributed by atoms with Gasteiger partial charge in [0.1, 0.15) is 0 Å². The Labute approximate surface area is 125 Å². The zero-order chi connectivity index (χ0) is 15.1. The van der Waals surface area contributed by atoms with E-state index in [1.54, 1.807) is 0 Å². The van der Waals surface area contributed by atoms with Crippen LogP contribution >= 0.6 is 0 Å². The van der Waals surface area contributed by atoms with Crippen molar-refractivity contribution < 1.29 is 4.79 Å². The average Bonchev–Trinajstić information content (AvgIpc) is 2.47. The monoisotopic (exact) mass is 281 g/mol. The lowest BCUT2D eigenvalue weighted by atomic mass is 10.1. The molecule has 108 valence electrons. The molecule has 0 saturated carbocycles. The molecule has 1 N–H and O–H groups in total. The first-order chi connectivity index (χ1) is 10.2. The van der Waals surface area contributed by atoms with Gasteiger partial charge in [-0.2, -0.15) is 5.26 Å². The maximum absolute atomic E-state index is 11.7. The number of carbonyl (C=O) groups is 1. The molecule has 0 atom stereocenters. The van der Waals surface area contributed by atoms with Gasteiger partial charge in [-0.1, -0.05) is 36.4 Å². The highest BCUT2D eigenvalue weighted by atomic mass is 16.2. The van der Waals surface area contributed by atoms with Crippen molar-refractivity contribution in [1.29, 1.82) is 5.26 Å². The summed E-state index contributed by atoms with van der Waals surface area (Å²) in [5.41, 5.74) is 1.18. The summed E-state index contributed by atoms with van der Waals surface area (Å²) in [6.45, 7) is 1.47. The Balaban J connectivity index is 1.90. The van der Waals surface area contributed by atoms with Gasteiger partial charge in [-0.05, 0) is 29.4 Å². The molecule has 0 unspecified atom stereocenters. The van der Waals surface area contributed by atoms with Crippen LogP contribution in [0.5, 0.6) is 0 Å². The Bertz CT molecular complexity index is 660. The highest BCUT2D eigenvalue weighted by molar-refractivity contribution is 5.83. The number of benzene rings is 2. The first-order valence-corrected chi connectivity index (χ1v) is 6.99. The zero-order valence-electron chi connectivity index (χ0n) is 12.2. The van der Waals surface area contributed by atoms with Crippen LogP contribution < -0.4 is 5.32 Å². The zero-order valence-corrected chi connectivity index (χ0v) is 12.2. The van der Waals surface area contributed by atoms with Crippen molar-refractivity contribution in [3.8, 4) is 6.07 Å². The Morgan fingerprint density at radius 2 is 2.00 bits per heavy atom. The van der Waals surface area contributed by atoms with Gasteiger partial charge in [0.05, 0.1) is 19.0 Å². The summed E-state index contributed by atoms with van der Waals surface area (Å²) in [4.78, 5) is 13.6. The van der Waals surface area contributed by atoms with Gasteiger partial charge in [0, 0.05) is 13.1 Å². The van der Waals surface area contributed by atoms with Gasteiger partial charge < -0.3 is 5.32 Å². The second-order valence-electron chi connectivity index (χ2n) is 5.11. The molecule has 0 saturated heterocycles. The number of nitriles is 1. The van der Waals surface area contributed by atoms with E-state index in [-0.39, 0.29) is 5.91 Å². The lowest BCUT2D eigenvalue weighted by Gasteiger charge is -2.16. The maximum atomic E-state index is 11.7. The van der Waals surface area contributed by atoms with E-state index in [1.165, 1.54) is 16.3 Å². The molecule has 2 rings (SSSR count). The normalized spacial score (nSPS) is 10.5. The summed E-state index contributed by atoms with van der Waals surface area (Å²) >= 11 is 0. The average molecular weight is 281 g/mol. The molecule has 0 radical (unpaired) electrons. The van der Waals surface area contributed by atoms with Crippen LogP contribution in [0.3, 0.4) is 0 Å². The van der Waals surface area contributed by atoms with Gasteiger partial charge in [-0.3, -0.25) is 9.69 Å². The van der Waals surface area contributed by atoms with E-state index in [9.17, 15) is 4.79 Å². The molecule has 0 bridgehead atoms. The van der Waals surface area contributed by atoms with Crippen LogP contribution in [0, 0.1) is 11.3 Å². The number of hydrogen-bond donors (Lipinski definition) is 1. The molecule has 0 aliphatic heterocycles. The molecule has 2 aromatic carbocycles. The second-order valence-corrected chi connectivity index (χ2v) is 5.11. The predicted molar refractivity (Wildman–Crippen MR) is 83.5 cm³/mol. The van der Waals surface area contributed by atoms with Crippen molar-refractivity contribution >= 4 is 16.7 Å². The van der Waals surface area contributed by atoms with Crippen molar-refractivity contribution in [2.75, 3.05) is 20.1 Å². The van der Waals surface area contributed by atoms with E-state index < -0.39 is 0 Å². The smallest absolute Gasteiger partial charge is 0.234 e. The summed E-state index contributed by atoms with van der Waals surface area (Å²) in [7, 11) is 1.92. The molecular formula is C17H19N3O. The number of hydrogen-bond acceptors (Lipinski definition) is 3. The van der Waals surface area contributed by atoms with Crippen molar-refractivity contribution in [3.05, 3.63) is 48.0 Å². The number of amides is 1. The third-order valence-corrected chi connectivity index (χ3v) is 3.24. The highest BCUT2D eigenvalue weighted by Crippen LogP contribution is 2.16. The number of likely N-dealkylation sites (N-methyl/N-ethyl adjacent to an activating group) is 1. The van der Waals surface area contributed by atoms with Gasteiger partial charge in [-0.25, -0.2) is 0 Å². The Kier molecular flexibility index (Phi) is 5.30. The van der Waals surface area contributed by atoms with Gasteiger partial charge in [0.2, 0.25) is 5.91 Å². The van der Waals surface area contributed by atoms with Gasteiger partial charge >= 0.3 is 0 Å². The fourth-order valence-corrected chi connectivity index (χ4v) is 2.26. The number of carbonyl (C=O) groups excluding carboxylic acids is 1. The van der Waals surface area contributed by atoms with Crippen LogP contribution in [0.15, 0.2) is 42.5 Å². The summed E-state index contributed by atoms with van der Waals surface area (Å²) in [6.07, 6.45) is 0.347. The Morgan fingerprint density at radius 3 is 2.76 bits per heavy atom. The van der Waals surface area contributed by atoms with Crippen LogP contribution in [-0.2, 0) is 11.3 Å². The highest BCUT2D eigenvalue weighted by Gasteiger charge is 2.07. The molecule has 1 amide bonds. The Hall–Kier alpha value is -2.38. The molecule has 4 heteroatoms. The molecule has 0 fully saturated rings. The second kappa shape index (κ2) is 7.41. The minimum atomic E-state index is -0.0476. The quantitative estimate of drug-likeness (QED) is 0.827. The largest absolute Gasteiger partial charge is 0.354 e. The minimum Gasteiger partial charge on any atom is -0.354 e. The van der Waals surface area contributed by atoms with Gasteiger partial charge in [0.25, 0.3) is 0 Å². The fraction of sp³-hybridized carbons (Fsp3) is 0.294. The molecule has 0 heterocycles. The lowest BCUT2D eigenvalue weighted by Crippen LogP contribution is -2.35. The van der Waals surface area contributed by atoms with Gasteiger partial charge in [0.15, 0.2) is 0 Å². The van der Waals surface area contributed by atoms with Crippen LogP contribution in [0.25, 0.3) is 10.8 Å². The van der Waals surface area contributed by atoms with Crippen molar-refractivity contribution in [2.24, 2.45) is 0 Å². The van der Waals surface area contributed by atoms with Crippen LogP contribution in [0.4, 0.5) is 0 Å². The van der Waals surface area contributed by atoms with Gasteiger partial charge in [-0.15, -0.1) is 0 Å². The molecule has 0 aliphatic rings. The van der Waals surface area contributed by atoms with Crippen LogP contribution in [-0.4, -0.2) is 30.9 Å². The van der Waals surface area contributed by atoms with E-state index in [1.807, 2.05) is 30.1 Å². The van der Waals surface area contributed by atoms with Crippen LogP contribution in [0.2, 0.25) is 0 Å². The van der Waals surface area contributed by atoms with E-state index in [0.29, 0.717) is 19.5 Å². The first-order valence-electron chi connectivity index (χ1n) is 6.99. The molecule has 0 spiro atoms. The number of rotatable bonds is 6. The first kappa shape index (κ1) is 15.0. The number of nitrogens with zero attached hydrogens (tertiary/aromatic N) is 2. The molecule has 0 aromatic heterocycles. The summed E-state index contributed by atoms with van der Waals surface area (Å²) < 4.78 is 0. The number of nitrogens with one attached hydrogen (secondary N) is 1. The maximum Gasteiger partial charge on any atom is 0.234 e. The Morgan fingerprint density at radius 1 is 1.24 bits per heavy atom. The standard InChI is InChI=1S/C17H19N3O/c1-20(13-17(21)19-10-4-9-18)12-14-7-8-15-5-2-3-6-16(15)11-14/h2-3,5-8,11H,4,10,12-13H2,1H3,(H,19,21). The number of fused-ring (bicyclic) bond motifs is 1. The summed E-state index contributed by atoms with van der Waals surface area (Å²) in [6, 6.07) is 16.6. The van der Waals surface area contributed by atoms with Crippen molar-refractivity contribution in [3.63, 3.8) is 0 Å². The summed E-state index contributed by atoms with van der Waals surface area (Å²) in [5.74, 6) is -0.0476. The van der Waals surface area contributed by atoms with Crippen molar-refractivity contribution in [1.82, 2.24) is 10.2 Å². The lowest BCUT2D eigenvalue weighted by molar-refractivity contribution is -0.122.